The average Bonchev–Trinajstić information content (AvgIpc) is 3.27. The minimum atomic E-state index is -0.721. The van der Waals surface area contributed by atoms with Gasteiger partial charge in [0, 0.05) is 11.3 Å². The number of aromatic amines is 1. The molecule has 1 aromatic carbocycles. The van der Waals surface area contributed by atoms with Gasteiger partial charge >= 0.3 is 0 Å². The lowest BCUT2D eigenvalue weighted by molar-refractivity contribution is -0.114. The average molecular weight is 343 g/mol. The highest BCUT2D eigenvalue weighted by atomic mass is 32.2. The number of H-pyrrole nitrogens is 1. The van der Waals surface area contributed by atoms with Crippen LogP contribution < -0.4 is 4.74 Å². The predicted octanol–water partition coefficient (Wildman–Crippen LogP) is 2.55. The zero-order chi connectivity index (χ0) is 16.9. The van der Waals surface area contributed by atoms with Crippen molar-refractivity contribution >= 4 is 23.3 Å². The largest absolute Gasteiger partial charge is 0.497 e. The van der Waals surface area contributed by atoms with E-state index in [4.69, 9.17) is 9.15 Å². The van der Waals surface area contributed by atoms with Gasteiger partial charge in [-0.2, -0.15) is 0 Å². The zero-order valence-electron chi connectivity index (χ0n) is 12.7. The van der Waals surface area contributed by atoms with E-state index in [1.165, 1.54) is 24.4 Å². The van der Waals surface area contributed by atoms with E-state index in [1.54, 1.807) is 13.2 Å². The lowest BCUT2D eigenvalue weighted by Crippen LogP contribution is -2.17. The Labute approximate surface area is 141 Å². The number of ether oxygens (including phenoxy) is 1. The van der Waals surface area contributed by atoms with Gasteiger partial charge in [0.05, 0.1) is 13.4 Å². The highest BCUT2D eigenvalue weighted by molar-refractivity contribution is 7.99. The van der Waals surface area contributed by atoms with Crippen LogP contribution in [-0.2, 0) is 11.2 Å². The van der Waals surface area contributed by atoms with Crippen LogP contribution in [0, 0.1) is 0 Å². The summed E-state index contributed by atoms with van der Waals surface area (Å²) >= 11 is 1.41. The summed E-state index contributed by atoms with van der Waals surface area (Å²) in [6.45, 7) is 0. The number of hydrogen-bond acceptors (Lipinski definition) is 7. The third kappa shape index (κ3) is 3.72. The van der Waals surface area contributed by atoms with Crippen LogP contribution >= 0.6 is 11.8 Å². The molecule has 0 spiro atoms. The molecular weight excluding hydrogens is 330 g/mol. The predicted molar refractivity (Wildman–Crippen MR) is 85.2 cm³/mol. The fourth-order valence-electron chi connectivity index (χ4n) is 1.97. The molecule has 0 aliphatic rings. The van der Waals surface area contributed by atoms with Crippen molar-refractivity contribution in [2.45, 2.75) is 16.4 Å². The topological polar surface area (TPSA) is 98.1 Å². The Hall–Kier alpha value is -2.87. The number of ketones is 2. The number of aromatic nitrogens is 3. The Morgan fingerprint density at radius 3 is 2.75 bits per heavy atom. The van der Waals surface area contributed by atoms with E-state index >= 15 is 0 Å². The van der Waals surface area contributed by atoms with Crippen LogP contribution in [0.5, 0.6) is 5.75 Å². The van der Waals surface area contributed by atoms with Crippen molar-refractivity contribution in [3.05, 3.63) is 54.3 Å². The monoisotopic (exact) mass is 343 g/mol. The molecule has 0 saturated heterocycles. The molecule has 8 heteroatoms. The Bertz CT molecular complexity index is 841. The van der Waals surface area contributed by atoms with Crippen molar-refractivity contribution in [1.82, 2.24) is 15.2 Å². The van der Waals surface area contributed by atoms with Gasteiger partial charge in [0.1, 0.15) is 12.1 Å². The zero-order valence-corrected chi connectivity index (χ0v) is 13.5. The molecule has 3 aromatic rings. The molecule has 3 rings (SSSR count). The van der Waals surface area contributed by atoms with Crippen molar-refractivity contribution in [3.8, 4) is 5.75 Å². The normalized spacial score (nSPS) is 10.5. The molecule has 0 amide bonds. The third-order valence-corrected chi connectivity index (χ3v) is 4.07. The van der Waals surface area contributed by atoms with Crippen molar-refractivity contribution in [1.29, 1.82) is 0 Å². The van der Waals surface area contributed by atoms with Crippen LogP contribution in [0.1, 0.15) is 16.2 Å². The second kappa shape index (κ2) is 7.14. The number of Topliss-reactive ketones (excluding diaryl/α,β-unsaturated/α-hetero) is 2. The number of methoxy groups -OCH3 is 1. The van der Waals surface area contributed by atoms with Crippen LogP contribution in [-0.4, -0.2) is 33.9 Å². The van der Waals surface area contributed by atoms with E-state index in [-0.39, 0.29) is 12.2 Å². The Balaban J connectivity index is 1.62. The highest BCUT2D eigenvalue weighted by Gasteiger charge is 2.20. The summed E-state index contributed by atoms with van der Waals surface area (Å²) in [5, 5.41) is 6.65. The van der Waals surface area contributed by atoms with Gasteiger partial charge in [0.25, 0.3) is 5.78 Å². The first-order valence-corrected chi connectivity index (χ1v) is 7.80. The smallest absolute Gasteiger partial charge is 0.267 e. The molecule has 2 aromatic heterocycles. The minimum Gasteiger partial charge on any atom is -0.497 e. The Morgan fingerprint density at radius 1 is 1.29 bits per heavy atom. The maximum atomic E-state index is 11.9. The fraction of sp³-hybridized carbons (Fsp3) is 0.125. The molecule has 0 fully saturated rings. The van der Waals surface area contributed by atoms with Gasteiger partial charge in [-0.05, 0) is 35.9 Å². The SMILES string of the molecule is COc1ccc(Sc2cc(CC(=O)C(=O)c3nc[nH]n3)co2)cc1. The summed E-state index contributed by atoms with van der Waals surface area (Å²) in [5.41, 5.74) is 0.625. The van der Waals surface area contributed by atoms with Crippen molar-refractivity contribution in [2.75, 3.05) is 7.11 Å². The Morgan fingerprint density at radius 2 is 2.08 bits per heavy atom. The summed E-state index contributed by atoms with van der Waals surface area (Å²) in [6.07, 6.45) is 2.66. The van der Waals surface area contributed by atoms with Gasteiger partial charge < -0.3 is 9.15 Å². The second-order valence-electron chi connectivity index (χ2n) is 4.80. The van der Waals surface area contributed by atoms with Gasteiger partial charge in [-0.3, -0.25) is 14.7 Å². The molecular formula is C16H13N3O4S. The van der Waals surface area contributed by atoms with Crippen LogP contribution in [0.4, 0.5) is 0 Å². The first kappa shape index (κ1) is 16.0. The fourth-order valence-corrected chi connectivity index (χ4v) is 2.78. The number of nitrogens with one attached hydrogen (secondary N) is 1. The highest BCUT2D eigenvalue weighted by Crippen LogP contribution is 2.30. The van der Waals surface area contributed by atoms with Gasteiger partial charge in [0.2, 0.25) is 11.6 Å². The quantitative estimate of drug-likeness (QED) is 0.520. The summed E-state index contributed by atoms with van der Waals surface area (Å²) in [6, 6.07) is 9.25. The number of carbonyl (C=O) groups is 2. The van der Waals surface area contributed by atoms with Crippen molar-refractivity contribution in [2.24, 2.45) is 0 Å². The van der Waals surface area contributed by atoms with Crippen LogP contribution in [0.15, 0.2) is 57.3 Å². The summed E-state index contributed by atoms with van der Waals surface area (Å²) in [5.74, 6) is -0.662. The molecule has 0 saturated carbocycles. The van der Waals surface area contributed by atoms with E-state index in [9.17, 15) is 9.59 Å². The molecule has 122 valence electrons. The first-order chi connectivity index (χ1) is 11.7. The minimum absolute atomic E-state index is 0.0555. The molecule has 0 bridgehead atoms. The number of furan rings is 1. The van der Waals surface area contributed by atoms with Crippen molar-refractivity contribution < 1.29 is 18.7 Å². The van der Waals surface area contributed by atoms with E-state index in [1.807, 2.05) is 24.3 Å². The van der Waals surface area contributed by atoms with E-state index in [2.05, 4.69) is 15.2 Å². The van der Waals surface area contributed by atoms with Gasteiger partial charge in [-0.15, -0.1) is 5.10 Å². The second-order valence-corrected chi connectivity index (χ2v) is 5.88. The van der Waals surface area contributed by atoms with Crippen LogP contribution in [0.25, 0.3) is 0 Å². The molecule has 0 radical (unpaired) electrons. The summed E-state index contributed by atoms with van der Waals surface area (Å²) in [4.78, 5) is 28.4. The number of nitrogens with zero attached hydrogens (tertiary/aromatic N) is 2. The van der Waals surface area contributed by atoms with Gasteiger partial charge in [-0.1, -0.05) is 11.8 Å². The van der Waals surface area contributed by atoms with E-state index < -0.39 is 11.6 Å². The molecule has 0 unspecified atom stereocenters. The van der Waals surface area contributed by atoms with Crippen molar-refractivity contribution in [3.63, 3.8) is 0 Å². The lowest BCUT2D eigenvalue weighted by atomic mass is 10.1. The van der Waals surface area contributed by atoms with Crippen LogP contribution in [0.2, 0.25) is 0 Å². The van der Waals surface area contributed by atoms with Gasteiger partial charge in [0.15, 0.2) is 5.09 Å². The molecule has 2 heterocycles. The summed E-state index contributed by atoms with van der Waals surface area (Å²) < 4.78 is 10.5. The first-order valence-electron chi connectivity index (χ1n) is 6.98. The number of carbonyl (C=O) groups excluding carboxylic acids is 2. The molecule has 7 nitrogen and oxygen atoms in total. The molecule has 0 atom stereocenters. The maximum absolute atomic E-state index is 11.9. The van der Waals surface area contributed by atoms with E-state index in [0.717, 1.165) is 10.6 Å². The Kier molecular flexibility index (Phi) is 4.76. The number of rotatable bonds is 7. The van der Waals surface area contributed by atoms with Gasteiger partial charge in [-0.25, -0.2) is 4.98 Å². The molecule has 0 aliphatic heterocycles. The maximum Gasteiger partial charge on any atom is 0.267 e. The molecule has 24 heavy (non-hydrogen) atoms. The number of benzene rings is 1. The number of hydrogen-bond donors (Lipinski definition) is 1. The summed E-state index contributed by atoms with van der Waals surface area (Å²) in [7, 11) is 1.61. The third-order valence-electron chi connectivity index (χ3n) is 3.14. The molecule has 0 aliphatic carbocycles. The van der Waals surface area contributed by atoms with Crippen LogP contribution in [0.3, 0.4) is 0 Å². The lowest BCUT2D eigenvalue weighted by Gasteiger charge is -2.00. The van der Waals surface area contributed by atoms with E-state index in [0.29, 0.717) is 10.7 Å². The molecule has 1 N–H and O–H groups in total. The standard InChI is InChI=1S/C16H13N3O4S/c1-22-11-2-4-12(5-3-11)24-14-7-10(8-23-14)6-13(20)15(21)16-17-9-18-19-16/h2-5,7-9H,6H2,1H3,(H,17,18,19).